The van der Waals surface area contributed by atoms with Gasteiger partial charge in [-0.3, -0.25) is 4.79 Å². The molecular formula is C8H14F3NO3. The van der Waals surface area contributed by atoms with Gasteiger partial charge in [0.15, 0.2) is 0 Å². The Labute approximate surface area is 85.5 Å². The summed E-state index contributed by atoms with van der Waals surface area (Å²) in [4.78, 5) is 11.0. The van der Waals surface area contributed by atoms with Crippen molar-refractivity contribution in [3.63, 3.8) is 0 Å². The molecular weight excluding hydrogens is 215 g/mol. The first-order valence-corrected chi connectivity index (χ1v) is 4.21. The Hall–Kier alpha value is -0.820. The Morgan fingerprint density at radius 1 is 1.40 bits per heavy atom. The number of nitrogens with two attached hydrogens (primary N) is 1. The Balaban J connectivity index is 3.81. The third-order valence-electron chi connectivity index (χ3n) is 1.68. The quantitative estimate of drug-likeness (QED) is 0.560. The molecule has 0 radical (unpaired) electrons. The molecule has 1 atom stereocenters. The lowest BCUT2D eigenvalue weighted by atomic mass is 10.0. The van der Waals surface area contributed by atoms with Crippen molar-refractivity contribution in [2.24, 2.45) is 5.73 Å². The Bertz CT molecular complexity index is 216. The molecule has 1 unspecified atom stereocenters. The second kappa shape index (κ2) is 5.32. The summed E-state index contributed by atoms with van der Waals surface area (Å²) < 4.78 is 43.6. The van der Waals surface area contributed by atoms with Gasteiger partial charge < -0.3 is 15.2 Å². The first-order chi connectivity index (χ1) is 6.69. The zero-order valence-corrected chi connectivity index (χ0v) is 8.56. The van der Waals surface area contributed by atoms with Crippen molar-refractivity contribution in [1.29, 1.82) is 0 Å². The normalized spacial score (nSPS) is 15.9. The molecule has 0 aliphatic rings. The highest BCUT2D eigenvalue weighted by Gasteiger charge is 2.31. The number of alkyl halides is 3. The first-order valence-electron chi connectivity index (χ1n) is 4.21. The monoisotopic (exact) mass is 229 g/mol. The molecule has 4 nitrogen and oxygen atoms in total. The SMILES string of the molecule is COC(=O)C(C)(N)CCOCC(F)(F)F. The molecule has 7 heteroatoms. The standard InChI is InChI=1S/C8H14F3NO3/c1-7(12,6(13)14-2)3-4-15-5-8(9,10)11/h3-5,12H2,1-2H3. The third kappa shape index (κ3) is 6.29. The number of rotatable bonds is 5. The molecule has 0 fully saturated rings. The highest BCUT2D eigenvalue weighted by Crippen LogP contribution is 2.15. The zero-order valence-electron chi connectivity index (χ0n) is 8.56. The van der Waals surface area contributed by atoms with E-state index in [0.29, 0.717) is 0 Å². The largest absolute Gasteiger partial charge is 0.468 e. The molecule has 0 heterocycles. The van der Waals surface area contributed by atoms with Gasteiger partial charge in [-0.15, -0.1) is 0 Å². The second-order valence-corrected chi connectivity index (χ2v) is 3.33. The highest BCUT2D eigenvalue weighted by molar-refractivity contribution is 5.79. The second-order valence-electron chi connectivity index (χ2n) is 3.33. The van der Waals surface area contributed by atoms with Gasteiger partial charge >= 0.3 is 12.1 Å². The lowest BCUT2D eigenvalue weighted by Crippen LogP contribution is -2.46. The summed E-state index contributed by atoms with van der Waals surface area (Å²) in [5, 5.41) is 0. The van der Waals surface area contributed by atoms with Crippen molar-refractivity contribution >= 4 is 5.97 Å². The van der Waals surface area contributed by atoms with E-state index in [4.69, 9.17) is 5.73 Å². The van der Waals surface area contributed by atoms with Gasteiger partial charge in [-0.1, -0.05) is 0 Å². The first kappa shape index (κ1) is 14.2. The molecule has 0 aromatic carbocycles. The van der Waals surface area contributed by atoms with Gasteiger partial charge in [0.1, 0.15) is 12.1 Å². The van der Waals surface area contributed by atoms with E-state index in [2.05, 4.69) is 9.47 Å². The topological polar surface area (TPSA) is 61.5 Å². The summed E-state index contributed by atoms with van der Waals surface area (Å²) in [5.74, 6) is -0.682. The average Bonchev–Trinajstić information content (AvgIpc) is 2.09. The number of carbonyl (C=O) groups is 1. The van der Waals surface area contributed by atoms with Crippen LogP contribution < -0.4 is 5.73 Å². The number of halogens is 3. The maximum atomic E-state index is 11.7. The molecule has 0 rings (SSSR count). The highest BCUT2D eigenvalue weighted by atomic mass is 19.4. The van der Waals surface area contributed by atoms with Crippen molar-refractivity contribution in [2.75, 3.05) is 20.3 Å². The van der Waals surface area contributed by atoms with E-state index in [1.165, 1.54) is 6.92 Å². The van der Waals surface area contributed by atoms with Crippen LogP contribution in [0.1, 0.15) is 13.3 Å². The van der Waals surface area contributed by atoms with Crippen LogP contribution in [-0.4, -0.2) is 38.0 Å². The van der Waals surface area contributed by atoms with Gasteiger partial charge in [0, 0.05) is 6.61 Å². The van der Waals surface area contributed by atoms with Gasteiger partial charge in [-0.2, -0.15) is 13.2 Å². The van der Waals surface area contributed by atoms with E-state index in [-0.39, 0.29) is 13.0 Å². The number of carbonyl (C=O) groups excluding carboxylic acids is 1. The van der Waals surface area contributed by atoms with Gasteiger partial charge in [0.05, 0.1) is 7.11 Å². The molecule has 0 amide bonds. The summed E-state index contributed by atoms with van der Waals surface area (Å²) in [5.41, 5.74) is 4.17. The molecule has 90 valence electrons. The molecule has 0 aliphatic carbocycles. The van der Waals surface area contributed by atoms with Crippen LogP contribution in [0.4, 0.5) is 13.2 Å². The number of esters is 1. The van der Waals surface area contributed by atoms with E-state index >= 15 is 0 Å². The lowest BCUT2D eigenvalue weighted by molar-refractivity contribution is -0.175. The summed E-state index contributed by atoms with van der Waals surface area (Å²) in [7, 11) is 1.16. The summed E-state index contributed by atoms with van der Waals surface area (Å²) >= 11 is 0. The van der Waals surface area contributed by atoms with E-state index in [1.54, 1.807) is 0 Å². The molecule has 0 aromatic heterocycles. The Morgan fingerprint density at radius 2 is 1.93 bits per heavy atom. The van der Waals surface area contributed by atoms with Crippen molar-refractivity contribution in [1.82, 2.24) is 0 Å². The van der Waals surface area contributed by atoms with Crippen LogP contribution in [0.5, 0.6) is 0 Å². The minimum Gasteiger partial charge on any atom is -0.468 e. The van der Waals surface area contributed by atoms with E-state index in [0.717, 1.165) is 7.11 Å². The fraction of sp³-hybridized carbons (Fsp3) is 0.875. The van der Waals surface area contributed by atoms with Gasteiger partial charge in [0.25, 0.3) is 0 Å². The van der Waals surface area contributed by atoms with Crippen molar-refractivity contribution in [3.8, 4) is 0 Å². The number of ether oxygens (including phenoxy) is 2. The van der Waals surface area contributed by atoms with Crippen LogP contribution in [-0.2, 0) is 14.3 Å². The summed E-state index contributed by atoms with van der Waals surface area (Å²) in [6.45, 7) is -0.221. The average molecular weight is 229 g/mol. The van der Waals surface area contributed by atoms with E-state index in [9.17, 15) is 18.0 Å². The number of hydrogen-bond donors (Lipinski definition) is 1. The number of hydrogen-bond acceptors (Lipinski definition) is 4. The molecule has 0 aliphatic heterocycles. The van der Waals surface area contributed by atoms with Crippen LogP contribution in [0.2, 0.25) is 0 Å². The Kier molecular flexibility index (Phi) is 5.02. The lowest BCUT2D eigenvalue weighted by Gasteiger charge is -2.21. The summed E-state index contributed by atoms with van der Waals surface area (Å²) in [6.07, 6.45) is -4.40. The zero-order chi connectivity index (χ0) is 12.1. The van der Waals surface area contributed by atoms with Crippen LogP contribution >= 0.6 is 0 Å². The fourth-order valence-corrected chi connectivity index (χ4v) is 0.807. The summed E-state index contributed by atoms with van der Waals surface area (Å²) in [6, 6.07) is 0. The van der Waals surface area contributed by atoms with Crippen molar-refractivity contribution in [3.05, 3.63) is 0 Å². The maximum Gasteiger partial charge on any atom is 0.411 e. The molecule has 15 heavy (non-hydrogen) atoms. The van der Waals surface area contributed by atoms with E-state index < -0.39 is 24.3 Å². The number of methoxy groups -OCH3 is 1. The van der Waals surface area contributed by atoms with Gasteiger partial charge in [0.2, 0.25) is 0 Å². The third-order valence-corrected chi connectivity index (χ3v) is 1.68. The van der Waals surface area contributed by atoms with Gasteiger partial charge in [-0.25, -0.2) is 0 Å². The minimum atomic E-state index is -4.36. The molecule has 0 aromatic rings. The van der Waals surface area contributed by atoms with Crippen LogP contribution in [0.15, 0.2) is 0 Å². The molecule has 0 saturated carbocycles. The predicted octanol–water partition coefficient (Wildman–Crippen LogP) is 0.846. The molecule has 0 spiro atoms. The smallest absolute Gasteiger partial charge is 0.411 e. The van der Waals surface area contributed by atoms with Crippen LogP contribution in [0, 0.1) is 0 Å². The van der Waals surface area contributed by atoms with Crippen molar-refractivity contribution in [2.45, 2.75) is 25.1 Å². The van der Waals surface area contributed by atoms with Crippen LogP contribution in [0.3, 0.4) is 0 Å². The molecule has 0 bridgehead atoms. The fourth-order valence-electron chi connectivity index (χ4n) is 0.807. The molecule has 2 N–H and O–H groups in total. The van der Waals surface area contributed by atoms with Crippen molar-refractivity contribution < 1.29 is 27.4 Å². The Morgan fingerprint density at radius 3 is 2.33 bits per heavy atom. The van der Waals surface area contributed by atoms with Crippen LogP contribution in [0.25, 0.3) is 0 Å². The predicted molar refractivity (Wildman–Crippen MR) is 46.1 cm³/mol. The van der Waals surface area contributed by atoms with E-state index in [1.807, 2.05) is 0 Å². The van der Waals surface area contributed by atoms with Gasteiger partial charge in [-0.05, 0) is 13.3 Å². The minimum absolute atomic E-state index is 0.0320. The maximum absolute atomic E-state index is 11.7. The molecule has 0 saturated heterocycles.